The van der Waals surface area contributed by atoms with Gasteiger partial charge in [0.05, 0.1) is 12.8 Å². The molecule has 3 nitrogen and oxygen atoms in total. The lowest BCUT2D eigenvalue weighted by molar-refractivity contribution is -0.111. The number of carbonyl (C=O) groups is 1. The van der Waals surface area contributed by atoms with Crippen LogP contribution in [0, 0.1) is 0 Å². The molecule has 0 fully saturated rings. The number of hydrogen-bond donors (Lipinski definition) is 1. The fourth-order valence-electron chi connectivity index (χ4n) is 2.23. The monoisotopic (exact) mass is 387 g/mol. The standard InChI is InChI=1S/C20H22BrNO2/c1-20(2,3)15-9-10-18(24-4)17(13-15)22-19(23)11-8-14-6-5-7-16(21)12-14/h5-13H,1-4H3,(H,22,23)/b11-8+. The second kappa shape index (κ2) is 7.67. The van der Waals surface area contributed by atoms with Crippen molar-refractivity contribution in [1.82, 2.24) is 0 Å². The molecule has 0 bridgehead atoms. The maximum atomic E-state index is 12.2. The van der Waals surface area contributed by atoms with Crippen LogP contribution in [0.4, 0.5) is 5.69 Å². The number of amides is 1. The smallest absolute Gasteiger partial charge is 0.248 e. The summed E-state index contributed by atoms with van der Waals surface area (Å²) in [5.74, 6) is 0.451. The first kappa shape index (κ1) is 18.3. The van der Waals surface area contributed by atoms with Gasteiger partial charge in [-0.25, -0.2) is 0 Å². The molecule has 0 unspecified atom stereocenters. The molecule has 0 aliphatic heterocycles. The lowest BCUT2D eigenvalue weighted by Gasteiger charge is -2.21. The summed E-state index contributed by atoms with van der Waals surface area (Å²) in [5, 5.41) is 2.90. The van der Waals surface area contributed by atoms with E-state index in [1.807, 2.05) is 42.5 Å². The van der Waals surface area contributed by atoms with Gasteiger partial charge in [0.2, 0.25) is 5.91 Å². The van der Waals surface area contributed by atoms with Crippen LogP contribution >= 0.6 is 15.9 Å². The van der Waals surface area contributed by atoms with Crippen LogP contribution in [0.15, 0.2) is 53.0 Å². The molecule has 0 radical (unpaired) electrons. The van der Waals surface area contributed by atoms with Crippen molar-refractivity contribution < 1.29 is 9.53 Å². The van der Waals surface area contributed by atoms with Gasteiger partial charge >= 0.3 is 0 Å². The van der Waals surface area contributed by atoms with E-state index in [0.717, 1.165) is 15.6 Å². The van der Waals surface area contributed by atoms with Gasteiger partial charge in [0, 0.05) is 10.5 Å². The second-order valence-electron chi connectivity index (χ2n) is 6.54. The molecule has 0 aliphatic rings. The Morgan fingerprint density at radius 2 is 1.92 bits per heavy atom. The van der Waals surface area contributed by atoms with Crippen molar-refractivity contribution in [2.24, 2.45) is 0 Å². The fourth-order valence-corrected chi connectivity index (χ4v) is 2.65. The van der Waals surface area contributed by atoms with Gasteiger partial charge in [0.15, 0.2) is 0 Å². The summed E-state index contributed by atoms with van der Waals surface area (Å²) in [6, 6.07) is 13.6. The van der Waals surface area contributed by atoms with Crippen LogP contribution in [-0.4, -0.2) is 13.0 Å². The summed E-state index contributed by atoms with van der Waals surface area (Å²) in [6.45, 7) is 6.40. The van der Waals surface area contributed by atoms with E-state index in [0.29, 0.717) is 11.4 Å². The number of carbonyl (C=O) groups excluding carboxylic acids is 1. The van der Waals surface area contributed by atoms with Gasteiger partial charge in [-0.15, -0.1) is 0 Å². The highest BCUT2D eigenvalue weighted by Crippen LogP contribution is 2.31. The SMILES string of the molecule is COc1ccc(C(C)(C)C)cc1NC(=O)/C=C/c1cccc(Br)c1. The zero-order chi connectivity index (χ0) is 17.7. The van der Waals surface area contributed by atoms with Crippen molar-refractivity contribution in [3.05, 3.63) is 64.1 Å². The third-order valence-electron chi connectivity index (χ3n) is 3.60. The third-order valence-corrected chi connectivity index (χ3v) is 4.09. The molecule has 0 spiro atoms. The van der Waals surface area contributed by atoms with E-state index in [1.165, 1.54) is 6.08 Å². The highest BCUT2D eigenvalue weighted by Gasteiger charge is 2.16. The summed E-state index contributed by atoms with van der Waals surface area (Å²) in [5.41, 5.74) is 2.76. The average Bonchev–Trinajstić information content (AvgIpc) is 2.52. The molecule has 2 aromatic carbocycles. The van der Waals surface area contributed by atoms with E-state index in [4.69, 9.17) is 4.74 Å². The van der Waals surface area contributed by atoms with Crippen molar-refractivity contribution in [2.75, 3.05) is 12.4 Å². The van der Waals surface area contributed by atoms with Crippen molar-refractivity contribution in [3.63, 3.8) is 0 Å². The summed E-state index contributed by atoms with van der Waals surface area (Å²) in [7, 11) is 1.60. The van der Waals surface area contributed by atoms with Crippen LogP contribution in [-0.2, 0) is 10.2 Å². The lowest BCUT2D eigenvalue weighted by Crippen LogP contribution is -2.14. The normalized spacial score (nSPS) is 11.5. The summed E-state index contributed by atoms with van der Waals surface area (Å²) >= 11 is 3.42. The Morgan fingerprint density at radius 3 is 2.54 bits per heavy atom. The van der Waals surface area contributed by atoms with E-state index in [2.05, 4.69) is 42.0 Å². The first-order chi connectivity index (χ1) is 11.3. The minimum Gasteiger partial charge on any atom is -0.495 e. The van der Waals surface area contributed by atoms with Crippen molar-refractivity contribution in [2.45, 2.75) is 26.2 Å². The van der Waals surface area contributed by atoms with Crippen LogP contribution in [0.5, 0.6) is 5.75 Å². The Morgan fingerprint density at radius 1 is 1.17 bits per heavy atom. The van der Waals surface area contributed by atoms with Crippen LogP contribution in [0.3, 0.4) is 0 Å². The number of halogens is 1. The van der Waals surface area contributed by atoms with E-state index in [9.17, 15) is 4.79 Å². The number of benzene rings is 2. The number of hydrogen-bond acceptors (Lipinski definition) is 2. The minimum atomic E-state index is -0.195. The van der Waals surface area contributed by atoms with Crippen LogP contribution in [0.2, 0.25) is 0 Å². The average molecular weight is 388 g/mol. The van der Waals surface area contributed by atoms with E-state index < -0.39 is 0 Å². The first-order valence-corrected chi connectivity index (χ1v) is 8.52. The molecule has 0 heterocycles. The highest BCUT2D eigenvalue weighted by molar-refractivity contribution is 9.10. The third kappa shape index (κ3) is 4.96. The number of anilines is 1. The highest BCUT2D eigenvalue weighted by atomic mass is 79.9. The summed E-state index contributed by atoms with van der Waals surface area (Å²) in [6.07, 6.45) is 3.30. The number of ether oxygens (including phenoxy) is 1. The largest absolute Gasteiger partial charge is 0.495 e. The minimum absolute atomic E-state index is 0.00208. The molecule has 1 amide bonds. The van der Waals surface area contributed by atoms with Gasteiger partial charge < -0.3 is 10.1 Å². The van der Waals surface area contributed by atoms with Crippen LogP contribution < -0.4 is 10.1 Å². The summed E-state index contributed by atoms with van der Waals surface area (Å²) < 4.78 is 6.32. The molecular formula is C20H22BrNO2. The molecule has 4 heteroatoms. The second-order valence-corrected chi connectivity index (χ2v) is 7.46. The Labute approximate surface area is 151 Å². The van der Waals surface area contributed by atoms with Crippen molar-refractivity contribution in [3.8, 4) is 5.75 Å². The van der Waals surface area contributed by atoms with Gasteiger partial charge in [-0.05, 0) is 46.9 Å². The van der Waals surface area contributed by atoms with Gasteiger partial charge in [-0.1, -0.05) is 54.9 Å². The van der Waals surface area contributed by atoms with E-state index in [-0.39, 0.29) is 11.3 Å². The van der Waals surface area contributed by atoms with E-state index >= 15 is 0 Å². The number of nitrogens with one attached hydrogen (secondary N) is 1. The topological polar surface area (TPSA) is 38.3 Å². The zero-order valence-corrected chi connectivity index (χ0v) is 16.0. The molecular weight excluding hydrogens is 366 g/mol. The molecule has 1 N–H and O–H groups in total. The molecule has 0 aliphatic carbocycles. The first-order valence-electron chi connectivity index (χ1n) is 7.73. The van der Waals surface area contributed by atoms with E-state index in [1.54, 1.807) is 13.2 Å². The molecule has 2 rings (SSSR count). The lowest BCUT2D eigenvalue weighted by atomic mass is 9.87. The fraction of sp³-hybridized carbons (Fsp3) is 0.250. The molecule has 0 atom stereocenters. The number of methoxy groups -OCH3 is 1. The van der Waals surface area contributed by atoms with Gasteiger partial charge in [-0.2, -0.15) is 0 Å². The molecule has 126 valence electrons. The zero-order valence-electron chi connectivity index (χ0n) is 14.4. The Kier molecular flexibility index (Phi) is 5.84. The molecule has 2 aromatic rings. The Bertz CT molecular complexity index is 760. The van der Waals surface area contributed by atoms with Crippen LogP contribution in [0.1, 0.15) is 31.9 Å². The summed E-state index contributed by atoms with van der Waals surface area (Å²) in [4.78, 5) is 12.2. The number of rotatable bonds is 4. The van der Waals surface area contributed by atoms with Gasteiger partial charge in [0.1, 0.15) is 5.75 Å². The van der Waals surface area contributed by atoms with Gasteiger partial charge in [-0.3, -0.25) is 4.79 Å². The maximum absolute atomic E-state index is 12.2. The van der Waals surface area contributed by atoms with Gasteiger partial charge in [0.25, 0.3) is 0 Å². The van der Waals surface area contributed by atoms with Crippen molar-refractivity contribution in [1.29, 1.82) is 0 Å². The van der Waals surface area contributed by atoms with Crippen LogP contribution in [0.25, 0.3) is 6.08 Å². The molecule has 0 saturated heterocycles. The Balaban J connectivity index is 2.18. The molecule has 0 saturated carbocycles. The Hall–Kier alpha value is -2.07. The van der Waals surface area contributed by atoms with Crippen molar-refractivity contribution >= 4 is 33.6 Å². The molecule has 0 aromatic heterocycles. The molecule has 24 heavy (non-hydrogen) atoms. The maximum Gasteiger partial charge on any atom is 0.248 e. The predicted octanol–water partition coefficient (Wildman–Crippen LogP) is 5.41. The quantitative estimate of drug-likeness (QED) is 0.712. The predicted molar refractivity (Wildman–Crippen MR) is 103 cm³/mol.